The van der Waals surface area contributed by atoms with Gasteiger partial charge in [-0.1, -0.05) is 20.8 Å². The maximum atomic E-state index is 12.9. The minimum absolute atomic E-state index is 0.00999. The summed E-state index contributed by atoms with van der Waals surface area (Å²) < 4.78 is 32.5. The first-order chi connectivity index (χ1) is 14.8. The van der Waals surface area contributed by atoms with Crippen molar-refractivity contribution >= 4 is 27.5 Å². The number of aryl methyl sites for hydroxylation is 1. The summed E-state index contributed by atoms with van der Waals surface area (Å²) in [6, 6.07) is 3.21. The quantitative estimate of drug-likeness (QED) is 0.658. The van der Waals surface area contributed by atoms with E-state index in [1.165, 1.54) is 0 Å². The first-order valence-corrected chi connectivity index (χ1v) is 12.6. The third-order valence-electron chi connectivity index (χ3n) is 5.70. The maximum Gasteiger partial charge on any atom is 0.339 e. The summed E-state index contributed by atoms with van der Waals surface area (Å²) in [4.78, 5) is 25.1. The number of anilines is 1. The van der Waals surface area contributed by atoms with E-state index >= 15 is 0 Å². The number of sulfone groups is 1. The third-order valence-corrected chi connectivity index (χ3v) is 7.45. The van der Waals surface area contributed by atoms with Crippen molar-refractivity contribution in [2.45, 2.75) is 66.0 Å². The Bertz CT molecular complexity index is 1140. The van der Waals surface area contributed by atoms with Crippen LogP contribution in [0, 0.1) is 13.8 Å². The standard InChI is InChI=1S/C22H32N4O5S/c1-7-31-21(28)17-10-14(2)25(15(17)3)12-20(27)23-19-11-18(22(4,5)6)24-26(19)16-8-9-32(29,30)13-16/h10-11,16H,7-9,12-13H2,1-6H3,(H,23,27)/t16-/m1/s1. The molecule has 1 aliphatic rings. The second-order valence-electron chi connectivity index (χ2n) is 9.31. The summed E-state index contributed by atoms with van der Waals surface area (Å²) in [6.45, 7) is 11.7. The van der Waals surface area contributed by atoms with Gasteiger partial charge in [0.05, 0.1) is 35.4 Å². The average Bonchev–Trinajstić information content (AvgIpc) is 3.33. The summed E-state index contributed by atoms with van der Waals surface area (Å²) in [5.74, 6) is -0.0871. The van der Waals surface area contributed by atoms with Gasteiger partial charge in [0.2, 0.25) is 5.91 Å². The van der Waals surface area contributed by atoms with Crippen molar-refractivity contribution < 1.29 is 22.7 Å². The van der Waals surface area contributed by atoms with Crippen LogP contribution in [0.2, 0.25) is 0 Å². The second-order valence-corrected chi connectivity index (χ2v) is 11.5. The third kappa shape index (κ3) is 5.06. The van der Waals surface area contributed by atoms with Crippen molar-refractivity contribution in [1.29, 1.82) is 0 Å². The van der Waals surface area contributed by atoms with Crippen molar-refractivity contribution in [2.75, 3.05) is 23.4 Å². The van der Waals surface area contributed by atoms with Crippen LogP contribution in [0.25, 0.3) is 0 Å². The second kappa shape index (κ2) is 8.73. The topological polar surface area (TPSA) is 112 Å². The predicted molar refractivity (Wildman–Crippen MR) is 122 cm³/mol. The number of ether oxygens (including phenoxy) is 1. The first-order valence-electron chi connectivity index (χ1n) is 10.8. The number of nitrogens with one attached hydrogen (secondary N) is 1. The van der Waals surface area contributed by atoms with Crippen molar-refractivity contribution in [2.24, 2.45) is 0 Å². The monoisotopic (exact) mass is 464 g/mol. The minimum atomic E-state index is -3.11. The maximum absolute atomic E-state index is 12.9. The number of hydrogen-bond donors (Lipinski definition) is 1. The largest absolute Gasteiger partial charge is 0.462 e. The van der Waals surface area contributed by atoms with Gasteiger partial charge in [0.15, 0.2) is 9.84 Å². The van der Waals surface area contributed by atoms with Crippen LogP contribution in [0.1, 0.15) is 67.6 Å². The number of amides is 1. The molecule has 0 bridgehead atoms. The number of aromatic nitrogens is 3. The molecule has 0 unspecified atom stereocenters. The van der Waals surface area contributed by atoms with Crippen molar-refractivity contribution in [3.8, 4) is 0 Å². The van der Waals surface area contributed by atoms with Gasteiger partial charge in [0.1, 0.15) is 12.4 Å². The van der Waals surface area contributed by atoms with E-state index in [4.69, 9.17) is 4.74 Å². The molecule has 0 aliphatic carbocycles. The normalized spacial score (nSPS) is 18.0. The molecule has 10 heteroatoms. The average molecular weight is 465 g/mol. The Morgan fingerprint density at radius 1 is 1.25 bits per heavy atom. The molecule has 1 saturated heterocycles. The van der Waals surface area contributed by atoms with E-state index < -0.39 is 15.8 Å². The van der Waals surface area contributed by atoms with Crippen LogP contribution >= 0.6 is 0 Å². The highest BCUT2D eigenvalue weighted by molar-refractivity contribution is 7.91. The van der Waals surface area contributed by atoms with Gasteiger partial charge in [-0.15, -0.1) is 0 Å². The van der Waals surface area contributed by atoms with Crippen LogP contribution in [-0.4, -0.2) is 52.8 Å². The zero-order chi connectivity index (χ0) is 23.8. The highest BCUT2D eigenvalue weighted by Crippen LogP contribution is 2.31. The molecule has 1 atom stereocenters. The fraction of sp³-hybridized carbons (Fsp3) is 0.591. The molecule has 1 N–H and O–H groups in total. The lowest BCUT2D eigenvalue weighted by Gasteiger charge is -2.16. The number of rotatable bonds is 6. The Morgan fingerprint density at radius 3 is 2.50 bits per heavy atom. The highest BCUT2D eigenvalue weighted by atomic mass is 32.2. The molecule has 0 saturated carbocycles. The fourth-order valence-corrected chi connectivity index (χ4v) is 5.58. The molecule has 1 amide bonds. The molecule has 1 fully saturated rings. The molecule has 1 aliphatic heterocycles. The van der Waals surface area contributed by atoms with Crippen molar-refractivity contribution in [1.82, 2.24) is 14.3 Å². The SMILES string of the molecule is CCOC(=O)c1cc(C)n(CC(=O)Nc2cc(C(C)(C)C)nn2[C@@H]2CCS(=O)(=O)C2)c1C. The Hall–Kier alpha value is -2.62. The lowest BCUT2D eigenvalue weighted by Crippen LogP contribution is -2.24. The van der Waals surface area contributed by atoms with Gasteiger partial charge in [0.25, 0.3) is 0 Å². The number of carbonyl (C=O) groups excluding carboxylic acids is 2. The van der Waals surface area contributed by atoms with Crippen LogP contribution < -0.4 is 5.32 Å². The lowest BCUT2D eigenvalue weighted by atomic mass is 9.92. The van der Waals surface area contributed by atoms with E-state index in [1.807, 2.05) is 33.8 Å². The van der Waals surface area contributed by atoms with Gasteiger partial charge in [-0.05, 0) is 33.3 Å². The van der Waals surface area contributed by atoms with Crippen molar-refractivity contribution in [3.05, 3.63) is 34.8 Å². The van der Waals surface area contributed by atoms with Gasteiger partial charge in [-0.3, -0.25) is 4.79 Å². The van der Waals surface area contributed by atoms with Gasteiger partial charge >= 0.3 is 5.97 Å². The zero-order valence-corrected chi connectivity index (χ0v) is 20.4. The van der Waals surface area contributed by atoms with Gasteiger partial charge in [-0.2, -0.15) is 5.10 Å². The summed E-state index contributed by atoms with van der Waals surface area (Å²) in [5, 5.41) is 7.55. The minimum Gasteiger partial charge on any atom is -0.462 e. The van der Waals surface area contributed by atoms with E-state index in [0.29, 0.717) is 23.5 Å². The fourth-order valence-electron chi connectivity index (χ4n) is 3.89. The van der Waals surface area contributed by atoms with Crippen LogP contribution in [0.5, 0.6) is 0 Å². The Morgan fingerprint density at radius 2 is 1.94 bits per heavy atom. The number of hydrogen-bond acceptors (Lipinski definition) is 6. The molecule has 2 aromatic rings. The van der Waals surface area contributed by atoms with Crippen LogP contribution in [-0.2, 0) is 31.3 Å². The van der Waals surface area contributed by atoms with Crippen LogP contribution in [0.3, 0.4) is 0 Å². The van der Waals surface area contributed by atoms with Crippen LogP contribution in [0.15, 0.2) is 12.1 Å². The molecule has 176 valence electrons. The number of carbonyl (C=O) groups is 2. The smallest absolute Gasteiger partial charge is 0.339 e. The predicted octanol–water partition coefficient (Wildman–Crippen LogP) is 2.77. The van der Waals surface area contributed by atoms with Gasteiger partial charge in [-0.25, -0.2) is 17.9 Å². The van der Waals surface area contributed by atoms with Crippen LogP contribution in [0.4, 0.5) is 5.82 Å². The Kier molecular flexibility index (Phi) is 6.55. The molecule has 2 aromatic heterocycles. The molecule has 0 radical (unpaired) electrons. The summed E-state index contributed by atoms with van der Waals surface area (Å²) in [7, 11) is -3.11. The molecule has 3 rings (SSSR count). The molecule has 0 spiro atoms. The summed E-state index contributed by atoms with van der Waals surface area (Å²) in [6.07, 6.45) is 0.467. The van der Waals surface area contributed by atoms with E-state index in [2.05, 4.69) is 10.4 Å². The molecule has 32 heavy (non-hydrogen) atoms. The zero-order valence-electron chi connectivity index (χ0n) is 19.6. The van der Waals surface area contributed by atoms with Gasteiger partial charge in [0, 0.05) is 22.9 Å². The van der Waals surface area contributed by atoms with Crippen molar-refractivity contribution in [3.63, 3.8) is 0 Å². The highest BCUT2D eigenvalue weighted by Gasteiger charge is 2.33. The number of esters is 1. The molecule has 3 heterocycles. The molecule has 0 aromatic carbocycles. The summed E-state index contributed by atoms with van der Waals surface area (Å²) >= 11 is 0. The van der Waals surface area contributed by atoms with E-state index in [0.717, 1.165) is 11.4 Å². The van der Waals surface area contributed by atoms with E-state index in [-0.39, 0.29) is 42.0 Å². The molecular formula is C22H32N4O5S. The lowest BCUT2D eigenvalue weighted by molar-refractivity contribution is -0.116. The Balaban J connectivity index is 1.85. The molecule has 9 nitrogen and oxygen atoms in total. The molecular weight excluding hydrogens is 432 g/mol. The van der Waals surface area contributed by atoms with Gasteiger partial charge < -0.3 is 14.6 Å². The number of nitrogens with zero attached hydrogens (tertiary/aromatic N) is 3. The Labute approximate surface area is 189 Å². The summed E-state index contributed by atoms with van der Waals surface area (Å²) in [5.41, 5.74) is 2.38. The first kappa shape index (κ1) is 24.0. The van der Waals surface area contributed by atoms with E-state index in [9.17, 15) is 18.0 Å². The van der Waals surface area contributed by atoms with E-state index in [1.54, 1.807) is 29.2 Å².